The summed E-state index contributed by atoms with van der Waals surface area (Å²) in [7, 11) is 3.48. The second-order valence-electron chi connectivity index (χ2n) is 7.24. The molecular formula is C20H30BClN2O2. The quantitative estimate of drug-likeness (QED) is 0.561. The van der Waals surface area contributed by atoms with Crippen molar-refractivity contribution in [2.45, 2.75) is 54.4 Å². The Hall–Kier alpha value is -1.30. The smallest absolute Gasteiger partial charge is 0.486 e. The van der Waals surface area contributed by atoms with Crippen LogP contribution in [0.3, 0.4) is 0 Å². The summed E-state index contributed by atoms with van der Waals surface area (Å²) in [5.74, 6) is 0.459. The Morgan fingerprint density at radius 3 is 2.08 bits per heavy atom. The van der Waals surface area contributed by atoms with Crippen molar-refractivity contribution in [3.8, 4) is 0 Å². The van der Waals surface area contributed by atoms with Gasteiger partial charge in [-0.05, 0) is 64.7 Å². The minimum absolute atomic E-state index is 0.459. The fraction of sp³-hybridized carbons (Fsp3) is 0.550. The minimum atomic E-state index is -1.88. The molecule has 0 saturated carbocycles. The first-order chi connectivity index (χ1) is 12.4. The highest BCUT2D eigenvalue weighted by atomic mass is 35.5. The Labute approximate surface area is 162 Å². The number of hydrogen-bond acceptors (Lipinski definition) is 2. The maximum atomic E-state index is 6.53. The fourth-order valence-electron chi connectivity index (χ4n) is 5.29. The highest BCUT2D eigenvalue weighted by Crippen LogP contribution is 2.44. The molecule has 1 aromatic heterocycles. The average molecular weight is 377 g/mol. The molecule has 0 N–H and O–H groups in total. The van der Waals surface area contributed by atoms with Crippen LogP contribution in [0, 0.1) is 13.8 Å². The number of fused-ring (bicyclic) bond motifs is 2. The van der Waals surface area contributed by atoms with E-state index in [4.69, 9.17) is 20.9 Å². The molecule has 0 saturated heterocycles. The van der Waals surface area contributed by atoms with Crippen LogP contribution in [0.5, 0.6) is 0 Å². The molecule has 0 unspecified atom stereocenters. The van der Waals surface area contributed by atoms with E-state index in [-0.39, 0.29) is 0 Å². The molecule has 0 atom stereocenters. The van der Waals surface area contributed by atoms with Gasteiger partial charge in [-0.2, -0.15) is 0 Å². The van der Waals surface area contributed by atoms with E-state index in [1.807, 2.05) is 0 Å². The number of nitrogens with zero attached hydrogens (tertiary/aromatic N) is 2. The van der Waals surface area contributed by atoms with E-state index in [0.717, 1.165) is 24.2 Å². The summed E-state index contributed by atoms with van der Waals surface area (Å²) in [6, 6.07) is 0. The third kappa shape index (κ3) is 2.14. The van der Waals surface area contributed by atoms with Crippen LogP contribution in [-0.4, -0.2) is 41.6 Å². The molecule has 0 fully saturated rings. The van der Waals surface area contributed by atoms with Crippen LogP contribution in [0.25, 0.3) is 5.57 Å². The van der Waals surface area contributed by atoms with Crippen LogP contribution in [0.15, 0.2) is 16.8 Å². The molecular weight excluding hydrogens is 346 g/mol. The van der Waals surface area contributed by atoms with E-state index < -0.39 is 6.82 Å². The average Bonchev–Trinajstić information content (AvgIpc) is 3.05. The van der Waals surface area contributed by atoms with Crippen LogP contribution in [0.1, 0.15) is 56.6 Å². The SMILES string of the molecule is CCC1=C(C)C2=C(CCl)c3c(C)c(CC)c(C)n3[B-](OC)(OC)[N+]2=C1C. The maximum absolute atomic E-state index is 6.53. The maximum Gasteiger partial charge on any atom is 0.665 e. The monoisotopic (exact) mass is 376 g/mol. The summed E-state index contributed by atoms with van der Waals surface area (Å²) in [4.78, 5) is 0. The second-order valence-corrected chi connectivity index (χ2v) is 7.51. The van der Waals surface area contributed by atoms with Gasteiger partial charge in [0.15, 0.2) is 5.70 Å². The van der Waals surface area contributed by atoms with Crippen molar-refractivity contribution in [1.29, 1.82) is 0 Å². The highest BCUT2D eigenvalue weighted by molar-refractivity contribution is 6.60. The van der Waals surface area contributed by atoms with Crippen molar-refractivity contribution in [1.82, 2.24) is 4.48 Å². The molecule has 2 aliphatic rings. The van der Waals surface area contributed by atoms with Gasteiger partial charge in [0.2, 0.25) is 0 Å². The third-order valence-electron chi connectivity index (χ3n) is 6.37. The number of rotatable bonds is 5. The Balaban J connectivity index is 2.55. The van der Waals surface area contributed by atoms with E-state index in [1.165, 1.54) is 39.3 Å². The van der Waals surface area contributed by atoms with Gasteiger partial charge in [-0.1, -0.05) is 13.8 Å². The molecule has 0 radical (unpaired) electrons. The Kier molecular flexibility index (Phi) is 5.02. The summed E-state index contributed by atoms with van der Waals surface area (Å²) < 4.78 is 16.9. The highest BCUT2D eigenvalue weighted by Gasteiger charge is 2.56. The predicted octanol–water partition coefficient (Wildman–Crippen LogP) is 4.42. The van der Waals surface area contributed by atoms with Gasteiger partial charge in [-0.3, -0.25) is 0 Å². The molecule has 4 nitrogen and oxygen atoms in total. The number of allylic oxidation sites excluding steroid dienone is 3. The van der Waals surface area contributed by atoms with Crippen LogP contribution >= 0.6 is 11.6 Å². The zero-order valence-corrected chi connectivity index (χ0v) is 18.0. The Morgan fingerprint density at radius 2 is 1.62 bits per heavy atom. The fourth-order valence-corrected chi connectivity index (χ4v) is 5.54. The zero-order valence-electron chi connectivity index (χ0n) is 17.3. The summed E-state index contributed by atoms with van der Waals surface area (Å²) in [6.07, 6.45) is 1.94. The van der Waals surface area contributed by atoms with Crippen LogP contribution in [0.2, 0.25) is 0 Å². The molecule has 0 amide bonds. The van der Waals surface area contributed by atoms with Crippen LogP contribution < -0.4 is 0 Å². The molecule has 6 heteroatoms. The van der Waals surface area contributed by atoms with Gasteiger partial charge < -0.3 is 18.3 Å². The number of aromatic nitrogens is 1. The van der Waals surface area contributed by atoms with E-state index in [9.17, 15) is 0 Å². The minimum Gasteiger partial charge on any atom is -0.486 e. The molecule has 0 aromatic carbocycles. The third-order valence-corrected chi connectivity index (χ3v) is 6.64. The summed E-state index contributed by atoms with van der Waals surface area (Å²) in [5, 5.41) is 0. The lowest BCUT2D eigenvalue weighted by Gasteiger charge is -2.41. The van der Waals surface area contributed by atoms with Crippen molar-refractivity contribution in [3.05, 3.63) is 39.4 Å². The topological polar surface area (TPSA) is 26.4 Å². The molecule has 3 rings (SSSR count). The van der Waals surface area contributed by atoms with Gasteiger partial charge in [0.25, 0.3) is 0 Å². The van der Waals surface area contributed by atoms with E-state index in [2.05, 4.69) is 50.5 Å². The molecule has 1 aromatic rings. The zero-order chi connectivity index (χ0) is 19.4. The van der Waals surface area contributed by atoms with Crippen molar-refractivity contribution >= 4 is 29.7 Å². The summed E-state index contributed by atoms with van der Waals surface area (Å²) in [5.41, 5.74) is 11.1. The largest absolute Gasteiger partial charge is 0.665 e. The number of alkyl halides is 1. The number of halogens is 1. The summed E-state index contributed by atoms with van der Waals surface area (Å²) in [6.45, 7) is 11.2. The van der Waals surface area contributed by atoms with Crippen LogP contribution in [0.4, 0.5) is 0 Å². The second kappa shape index (κ2) is 6.70. The lowest BCUT2D eigenvalue weighted by molar-refractivity contribution is -0.382. The molecule has 26 heavy (non-hydrogen) atoms. The van der Waals surface area contributed by atoms with Gasteiger partial charge in [-0.15, -0.1) is 11.6 Å². The molecule has 0 bridgehead atoms. The lowest BCUT2D eigenvalue weighted by Crippen LogP contribution is -2.62. The molecule has 0 spiro atoms. The van der Waals surface area contributed by atoms with Gasteiger partial charge in [0, 0.05) is 23.8 Å². The molecule has 142 valence electrons. The van der Waals surface area contributed by atoms with E-state index in [0.29, 0.717) is 5.88 Å². The van der Waals surface area contributed by atoms with Crippen LogP contribution in [-0.2, 0) is 15.7 Å². The van der Waals surface area contributed by atoms with Crippen molar-refractivity contribution < 1.29 is 13.8 Å². The van der Waals surface area contributed by atoms with Gasteiger partial charge in [0.05, 0.1) is 11.5 Å². The Morgan fingerprint density at radius 1 is 1.00 bits per heavy atom. The first kappa shape index (κ1) is 19.5. The lowest BCUT2D eigenvalue weighted by atomic mass is 9.79. The number of hydrogen-bond donors (Lipinski definition) is 0. The van der Waals surface area contributed by atoms with E-state index in [1.54, 1.807) is 14.2 Å². The van der Waals surface area contributed by atoms with Crippen molar-refractivity contribution in [3.63, 3.8) is 0 Å². The first-order valence-electron chi connectivity index (χ1n) is 9.44. The normalized spacial score (nSPS) is 18.8. The summed E-state index contributed by atoms with van der Waals surface area (Å²) >= 11 is 6.53. The molecule has 3 heterocycles. The first-order valence-corrected chi connectivity index (χ1v) is 9.98. The van der Waals surface area contributed by atoms with Gasteiger partial charge >= 0.3 is 6.82 Å². The van der Waals surface area contributed by atoms with Crippen molar-refractivity contribution in [2.75, 3.05) is 20.1 Å². The predicted molar refractivity (Wildman–Crippen MR) is 110 cm³/mol. The Bertz CT molecular complexity index is 873. The van der Waals surface area contributed by atoms with E-state index >= 15 is 0 Å². The molecule has 0 aliphatic carbocycles. The standard InChI is InChI=1S/C20H30BClN2O2/c1-9-16-12(3)19-18(11-22)20-13(4)17(10-2)15(6)24(20)21(25-7,26-8)23(19)14(16)5/h9-11H2,1-8H3. The molecule has 2 aliphatic heterocycles. The van der Waals surface area contributed by atoms with Gasteiger partial charge in [-0.25, -0.2) is 0 Å². The van der Waals surface area contributed by atoms with Gasteiger partial charge in [0.1, 0.15) is 5.71 Å². The van der Waals surface area contributed by atoms with Crippen molar-refractivity contribution in [2.24, 2.45) is 0 Å².